The summed E-state index contributed by atoms with van der Waals surface area (Å²) in [6.45, 7) is 0. The van der Waals surface area contributed by atoms with Crippen molar-refractivity contribution in [3.05, 3.63) is 305 Å². The van der Waals surface area contributed by atoms with Crippen molar-refractivity contribution in [2.75, 3.05) is 4.90 Å². The second kappa shape index (κ2) is 15.2. The van der Waals surface area contributed by atoms with Gasteiger partial charge in [-0.2, -0.15) is 0 Å². The molecule has 0 unspecified atom stereocenters. The average molecular weight is 906 g/mol. The van der Waals surface area contributed by atoms with Gasteiger partial charge in [-0.05, 0) is 97.6 Å². The summed E-state index contributed by atoms with van der Waals surface area (Å²) in [5.74, 6) is 0. The van der Waals surface area contributed by atoms with Gasteiger partial charge in [0.1, 0.15) is 16.7 Å². The van der Waals surface area contributed by atoms with Crippen LogP contribution in [0.25, 0.3) is 66.1 Å². The summed E-state index contributed by atoms with van der Waals surface area (Å²) in [6, 6.07) is 95.2. The number of para-hydroxylation sites is 3. The van der Waals surface area contributed by atoms with E-state index < -0.39 is 10.8 Å². The molecule has 0 amide bonds. The third-order valence-corrected chi connectivity index (χ3v) is 15.6. The van der Waals surface area contributed by atoms with E-state index in [0.29, 0.717) is 0 Å². The number of nitrogens with zero attached hydrogens (tertiary/aromatic N) is 1. The lowest BCUT2D eigenvalue weighted by Crippen LogP contribution is -2.29. The predicted molar refractivity (Wildman–Crippen MR) is 290 cm³/mol. The molecule has 3 nitrogen and oxygen atoms in total. The van der Waals surface area contributed by atoms with Gasteiger partial charge in [0.05, 0.1) is 27.6 Å². The van der Waals surface area contributed by atoms with Gasteiger partial charge < -0.3 is 13.7 Å². The maximum Gasteiger partial charge on any atom is 0.159 e. The summed E-state index contributed by atoms with van der Waals surface area (Å²) >= 11 is 0. The summed E-state index contributed by atoms with van der Waals surface area (Å²) in [5, 5.41) is 4.22. The molecular weight excluding hydrogens is 863 g/mol. The molecule has 0 atom stereocenters. The number of anilines is 3. The molecule has 2 aromatic heterocycles. The fourth-order valence-electron chi connectivity index (χ4n) is 12.9. The Morgan fingerprint density at radius 1 is 0.282 bits per heavy atom. The Morgan fingerprint density at radius 3 is 1.37 bits per heavy atom. The van der Waals surface area contributed by atoms with Crippen molar-refractivity contribution < 1.29 is 8.83 Å². The molecule has 0 aliphatic heterocycles. The van der Waals surface area contributed by atoms with E-state index in [1.54, 1.807) is 0 Å². The molecule has 0 spiro atoms. The van der Waals surface area contributed by atoms with Crippen LogP contribution in [0.1, 0.15) is 44.5 Å². The Labute approximate surface area is 411 Å². The van der Waals surface area contributed by atoms with Crippen molar-refractivity contribution in [1.82, 2.24) is 0 Å². The van der Waals surface area contributed by atoms with Crippen molar-refractivity contribution in [2.24, 2.45) is 0 Å². The third kappa shape index (κ3) is 5.38. The molecular formula is C68H43NO2. The minimum atomic E-state index is -0.688. The largest absolute Gasteiger partial charge is 0.456 e. The number of benzene rings is 11. The van der Waals surface area contributed by atoms with Gasteiger partial charge in [-0.25, -0.2) is 0 Å². The minimum absolute atomic E-state index is 0.603. The number of hydrogen-bond donors (Lipinski definition) is 0. The molecule has 71 heavy (non-hydrogen) atoms. The Bertz CT molecular complexity index is 4160. The highest BCUT2D eigenvalue weighted by Gasteiger charge is 2.49. The zero-order chi connectivity index (χ0) is 46.7. The molecule has 0 radical (unpaired) electrons. The number of rotatable bonds is 7. The molecule has 11 aromatic carbocycles. The van der Waals surface area contributed by atoms with Crippen LogP contribution in [0.4, 0.5) is 17.1 Å². The number of furan rings is 2. The van der Waals surface area contributed by atoms with Crippen LogP contribution in [0.3, 0.4) is 0 Å². The smallest absolute Gasteiger partial charge is 0.159 e. The van der Waals surface area contributed by atoms with E-state index in [2.05, 4.69) is 266 Å². The summed E-state index contributed by atoms with van der Waals surface area (Å²) in [7, 11) is 0. The van der Waals surface area contributed by atoms with Gasteiger partial charge in [-0.3, -0.25) is 0 Å². The van der Waals surface area contributed by atoms with Gasteiger partial charge in [0.25, 0.3) is 0 Å². The Kier molecular flexibility index (Phi) is 8.49. The molecule has 0 fully saturated rings. The van der Waals surface area contributed by atoms with Crippen LogP contribution < -0.4 is 4.90 Å². The first-order valence-electron chi connectivity index (χ1n) is 24.5. The number of hydrogen-bond acceptors (Lipinski definition) is 3. The van der Waals surface area contributed by atoms with Crippen molar-refractivity contribution in [3.63, 3.8) is 0 Å². The SMILES string of the molecule is c1ccc(C2(c3ccccc3)c3ccccc3-c3ccc(N(c4cccc5c4oc4ccccc45)c4ccc(C5(c6ccccc6)c6ccccc6-c6ccccc65)c5oc6ccccc6c45)cc32)cc1. The van der Waals surface area contributed by atoms with Crippen LogP contribution >= 0.6 is 0 Å². The van der Waals surface area contributed by atoms with Crippen molar-refractivity contribution >= 4 is 60.9 Å². The van der Waals surface area contributed by atoms with E-state index >= 15 is 0 Å². The van der Waals surface area contributed by atoms with E-state index in [9.17, 15) is 0 Å². The quantitative estimate of drug-likeness (QED) is 0.160. The normalized spacial score (nSPS) is 13.9. The second-order valence-corrected chi connectivity index (χ2v) is 19.0. The van der Waals surface area contributed by atoms with E-state index in [0.717, 1.165) is 66.5 Å². The van der Waals surface area contributed by atoms with Crippen molar-refractivity contribution in [3.8, 4) is 22.3 Å². The lowest BCUT2D eigenvalue weighted by molar-refractivity contribution is 0.648. The van der Waals surface area contributed by atoms with E-state index in [4.69, 9.17) is 8.83 Å². The van der Waals surface area contributed by atoms with Crippen LogP contribution in [-0.4, -0.2) is 0 Å². The van der Waals surface area contributed by atoms with Gasteiger partial charge in [0.15, 0.2) is 5.58 Å². The van der Waals surface area contributed by atoms with Gasteiger partial charge in [0.2, 0.25) is 0 Å². The molecule has 2 heterocycles. The Morgan fingerprint density at radius 2 is 0.746 bits per heavy atom. The summed E-state index contributed by atoms with van der Waals surface area (Å²) in [4.78, 5) is 2.44. The number of fused-ring (bicyclic) bond motifs is 12. The molecule has 0 bridgehead atoms. The van der Waals surface area contributed by atoms with Crippen molar-refractivity contribution in [2.45, 2.75) is 10.8 Å². The van der Waals surface area contributed by atoms with E-state index in [1.165, 1.54) is 61.2 Å². The minimum Gasteiger partial charge on any atom is -0.456 e. The van der Waals surface area contributed by atoms with E-state index in [-0.39, 0.29) is 0 Å². The maximum atomic E-state index is 7.39. The summed E-state index contributed by atoms with van der Waals surface area (Å²) < 4.78 is 14.4. The monoisotopic (exact) mass is 905 g/mol. The average Bonchev–Trinajstić information content (AvgIpc) is 4.19. The zero-order valence-corrected chi connectivity index (χ0v) is 38.6. The standard InChI is InChI=1S/C68H43NO2/c1-4-21-44(22-5-1)67(45-23-6-2-7-24-45)55-33-15-10-29-50(55)51-40-39-47(43-59(51)67)69(61-36-20-32-53-52-30-13-18-37-62(52)70-65(53)61)60-42-41-58(66-64(60)54-31-14-19-38-63(54)71-66)68(46-25-8-3-9-26-46)56-34-16-11-27-48(56)49-28-12-17-35-57(49)68/h1-43H. The first kappa shape index (κ1) is 39.8. The van der Waals surface area contributed by atoms with Gasteiger partial charge >= 0.3 is 0 Å². The van der Waals surface area contributed by atoms with Crippen LogP contribution in [-0.2, 0) is 10.8 Å². The molecule has 0 N–H and O–H groups in total. The second-order valence-electron chi connectivity index (χ2n) is 19.0. The molecule has 0 saturated carbocycles. The zero-order valence-electron chi connectivity index (χ0n) is 38.6. The van der Waals surface area contributed by atoms with Crippen LogP contribution in [0, 0.1) is 0 Å². The van der Waals surface area contributed by atoms with Gasteiger partial charge in [-0.1, -0.05) is 224 Å². The summed E-state index contributed by atoms with van der Waals surface area (Å²) in [5.41, 5.74) is 19.6. The topological polar surface area (TPSA) is 29.5 Å². The fourth-order valence-corrected chi connectivity index (χ4v) is 12.9. The molecule has 2 aliphatic carbocycles. The van der Waals surface area contributed by atoms with Crippen LogP contribution in [0.15, 0.2) is 270 Å². The van der Waals surface area contributed by atoms with Crippen LogP contribution in [0.2, 0.25) is 0 Å². The maximum absolute atomic E-state index is 7.39. The predicted octanol–water partition coefficient (Wildman–Crippen LogP) is 17.7. The highest BCUT2D eigenvalue weighted by Crippen LogP contribution is 2.61. The Hall–Kier alpha value is -9.18. The van der Waals surface area contributed by atoms with Crippen LogP contribution in [0.5, 0.6) is 0 Å². The first-order valence-corrected chi connectivity index (χ1v) is 24.5. The fraction of sp³-hybridized carbons (Fsp3) is 0.0294. The lowest BCUT2D eigenvalue weighted by atomic mass is 9.67. The van der Waals surface area contributed by atoms with Crippen molar-refractivity contribution in [1.29, 1.82) is 0 Å². The van der Waals surface area contributed by atoms with Gasteiger partial charge in [-0.15, -0.1) is 0 Å². The molecule has 2 aliphatic rings. The van der Waals surface area contributed by atoms with Gasteiger partial charge in [0, 0.05) is 27.4 Å². The molecule has 332 valence electrons. The third-order valence-electron chi connectivity index (χ3n) is 15.6. The summed E-state index contributed by atoms with van der Waals surface area (Å²) in [6.07, 6.45) is 0. The first-order chi connectivity index (χ1) is 35.2. The highest BCUT2D eigenvalue weighted by molar-refractivity contribution is 6.17. The molecule has 13 aromatic rings. The molecule has 3 heteroatoms. The Balaban J connectivity index is 1.08. The molecule has 15 rings (SSSR count). The lowest BCUT2D eigenvalue weighted by Gasteiger charge is -2.35. The van der Waals surface area contributed by atoms with E-state index in [1.807, 2.05) is 0 Å². The highest BCUT2D eigenvalue weighted by atomic mass is 16.3. The molecule has 0 saturated heterocycles.